The van der Waals surface area contributed by atoms with Crippen molar-refractivity contribution < 1.29 is 4.48 Å². The maximum atomic E-state index is 11.5. The van der Waals surface area contributed by atoms with Crippen LogP contribution in [0.3, 0.4) is 0 Å². The van der Waals surface area contributed by atoms with Crippen molar-refractivity contribution >= 4 is 14.1 Å². The quantitative estimate of drug-likeness (QED) is 0.440. The van der Waals surface area contributed by atoms with Crippen LogP contribution in [0.25, 0.3) is 0 Å². The fourth-order valence-corrected chi connectivity index (χ4v) is 0.501. The fraction of sp³-hybridized carbons (Fsp3) is 0. The third-order valence-electron chi connectivity index (χ3n) is 0.883. The number of rotatable bonds is 1. The summed E-state index contributed by atoms with van der Waals surface area (Å²) in [5.41, 5.74) is 2.02. The highest BCUT2D eigenvalue weighted by Crippen LogP contribution is 2.03. The zero-order chi connectivity index (χ0) is 5.82. The van der Waals surface area contributed by atoms with Crippen LogP contribution in [0.1, 0.15) is 0 Å². The second-order valence-corrected chi connectivity index (χ2v) is 1.46. The second kappa shape index (κ2) is 3.95. The summed E-state index contributed by atoms with van der Waals surface area (Å²) in [6, 6.07) is 8.67. The average molecular weight is 122 g/mol. The number of benzene rings is 1. The van der Waals surface area contributed by atoms with Crippen molar-refractivity contribution in [2.45, 2.75) is 0 Å². The van der Waals surface area contributed by atoms with Crippen molar-refractivity contribution in [2.24, 2.45) is 0 Å². The summed E-state index contributed by atoms with van der Waals surface area (Å²) in [7, 11) is 0. The van der Waals surface area contributed by atoms with Gasteiger partial charge < -0.3 is 0 Å². The fourth-order valence-electron chi connectivity index (χ4n) is 0.501. The van der Waals surface area contributed by atoms with E-state index in [2.05, 4.69) is 0 Å². The van der Waals surface area contributed by atoms with E-state index in [0.717, 1.165) is 0 Å². The van der Waals surface area contributed by atoms with E-state index in [1.165, 1.54) is 5.54 Å². The minimum atomic E-state index is 0. The Kier molecular flexibility index (Phi) is 3.52. The van der Waals surface area contributed by atoms with Crippen molar-refractivity contribution in [3.05, 3.63) is 30.3 Å². The normalized spacial score (nSPS) is 7.67. The molecule has 0 aliphatic rings. The highest BCUT2D eigenvalue weighted by molar-refractivity contribution is 5.75. The van der Waals surface area contributed by atoms with Crippen LogP contribution in [0, 0.1) is 0 Å². The number of nitrogens with one attached hydrogen (secondary N) is 1. The lowest BCUT2D eigenvalue weighted by Crippen LogP contribution is -1.77. The summed E-state index contributed by atoms with van der Waals surface area (Å²) >= 11 is 0. The predicted molar refractivity (Wildman–Crippen MR) is 36.9 cm³/mol. The zero-order valence-corrected chi connectivity index (χ0v) is 4.84. The van der Waals surface area contributed by atoms with Crippen LogP contribution >= 0.6 is 0 Å². The Balaban J connectivity index is 0.000000640. The van der Waals surface area contributed by atoms with Gasteiger partial charge in [-0.2, -0.15) is 0 Å². The molecular formula is C6H6BFN. The number of hydrogen-bond acceptors (Lipinski definition) is 1. The van der Waals surface area contributed by atoms with E-state index in [-0.39, 0.29) is 8.41 Å². The molecule has 0 heterocycles. The van der Waals surface area contributed by atoms with E-state index in [0.29, 0.717) is 5.69 Å². The topological polar surface area (TPSA) is 12.0 Å². The van der Waals surface area contributed by atoms with Gasteiger partial charge in [0.15, 0.2) is 0 Å². The first-order chi connectivity index (χ1) is 3.93. The molecule has 0 unspecified atom stereocenters. The van der Waals surface area contributed by atoms with Gasteiger partial charge in [-0.3, -0.25) is 0 Å². The summed E-state index contributed by atoms with van der Waals surface area (Å²) in [5.74, 6) is 0. The summed E-state index contributed by atoms with van der Waals surface area (Å²) < 4.78 is 11.5. The molecule has 3 radical (unpaired) electrons. The van der Waals surface area contributed by atoms with Crippen molar-refractivity contribution in [2.75, 3.05) is 5.54 Å². The molecule has 0 fully saturated rings. The van der Waals surface area contributed by atoms with Crippen molar-refractivity contribution in [1.82, 2.24) is 0 Å². The van der Waals surface area contributed by atoms with Gasteiger partial charge in [0, 0.05) is 8.41 Å². The van der Waals surface area contributed by atoms with Gasteiger partial charge in [-0.1, -0.05) is 18.2 Å². The monoisotopic (exact) mass is 122 g/mol. The number of para-hydroxylation sites is 1. The Morgan fingerprint density at radius 2 is 1.67 bits per heavy atom. The zero-order valence-electron chi connectivity index (χ0n) is 4.84. The van der Waals surface area contributed by atoms with E-state index in [9.17, 15) is 4.48 Å². The summed E-state index contributed by atoms with van der Waals surface area (Å²) in [6.07, 6.45) is 0. The highest BCUT2D eigenvalue weighted by atomic mass is 19.2. The first kappa shape index (κ1) is 8.01. The van der Waals surface area contributed by atoms with E-state index >= 15 is 0 Å². The van der Waals surface area contributed by atoms with Gasteiger partial charge in [-0.25, -0.2) is 5.54 Å². The molecule has 0 bridgehead atoms. The van der Waals surface area contributed by atoms with Crippen molar-refractivity contribution in [3.8, 4) is 0 Å². The Hall–Kier alpha value is -0.985. The molecule has 0 spiro atoms. The number of halogens is 1. The Morgan fingerprint density at radius 1 is 1.11 bits per heavy atom. The van der Waals surface area contributed by atoms with Crippen LogP contribution < -0.4 is 5.54 Å². The second-order valence-electron chi connectivity index (χ2n) is 1.46. The van der Waals surface area contributed by atoms with Gasteiger partial charge in [0.1, 0.15) is 0 Å². The summed E-state index contributed by atoms with van der Waals surface area (Å²) in [4.78, 5) is 0. The molecule has 0 saturated heterocycles. The van der Waals surface area contributed by atoms with E-state index in [4.69, 9.17) is 0 Å². The van der Waals surface area contributed by atoms with Gasteiger partial charge in [0.25, 0.3) is 0 Å². The van der Waals surface area contributed by atoms with Crippen LogP contribution in [0.2, 0.25) is 0 Å². The summed E-state index contributed by atoms with van der Waals surface area (Å²) in [6.45, 7) is 0. The lowest BCUT2D eigenvalue weighted by Gasteiger charge is -1.89. The molecule has 0 aromatic heterocycles. The van der Waals surface area contributed by atoms with E-state index in [1.807, 2.05) is 6.07 Å². The third-order valence-corrected chi connectivity index (χ3v) is 0.883. The van der Waals surface area contributed by atoms with Crippen LogP contribution in [0.15, 0.2) is 30.3 Å². The third kappa shape index (κ3) is 2.17. The van der Waals surface area contributed by atoms with E-state index in [1.54, 1.807) is 24.3 Å². The first-order valence-electron chi connectivity index (χ1n) is 2.35. The van der Waals surface area contributed by atoms with Gasteiger partial charge >= 0.3 is 0 Å². The molecular weight excluding hydrogens is 116 g/mol. The lowest BCUT2D eigenvalue weighted by atomic mass is 10.3. The van der Waals surface area contributed by atoms with Crippen LogP contribution in [0.4, 0.5) is 10.2 Å². The summed E-state index contributed by atoms with van der Waals surface area (Å²) in [5, 5.41) is 0. The molecule has 3 heteroatoms. The Bertz CT molecular complexity index is 154. The molecule has 0 aliphatic heterocycles. The first-order valence-corrected chi connectivity index (χ1v) is 2.35. The highest BCUT2D eigenvalue weighted by Gasteiger charge is 1.80. The van der Waals surface area contributed by atoms with Gasteiger partial charge in [0.2, 0.25) is 0 Å². The Morgan fingerprint density at radius 3 is 2.00 bits per heavy atom. The molecule has 0 aliphatic carbocycles. The van der Waals surface area contributed by atoms with E-state index < -0.39 is 0 Å². The van der Waals surface area contributed by atoms with Crippen LogP contribution in [-0.2, 0) is 0 Å². The number of hydrogen-bond donors (Lipinski definition) is 1. The SMILES string of the molecule is FNc1ccccc1.[B]. The Labute approximate surface area is 55.4 Å². The lowest BCUT2D eigenvalue weighted by molar-refractivity contribution is 0.618. The maximum Gasteiger partial charge on any atom is 0.0655 e. The minimum Gasteiger partial charge on any atom is -0.225 e. The van der Waals surface area contributed by atoms with Gasteiger partial charge in [0.05, 0.1) is 5.69 Å². The molecule has 1 aromatic carbocycles. The molecule has 9 heavy (non-hydrogen) atoms. The standard InChI is InChI=1S/C6H6FN.B/c7-8-6-4-2-1-3-5-6;/h1-5,8H;. The van der Waals surface area contributed by atoms with Crippen LogP contribution in [-0.4, -0.2) is 8.41 Å². The molecule has 1 N–H and O–H groups in total. The van der Waals surface area contributed by atoms with Crippen LogP contribution in [0.5, 0.6) is 0 Å². The minimum absolute atomic E-state index is 0. The molecule has 1 aromatic rings. The largest absolute Gasteiger partial charge is 0.225 e. The molecule has 0 atom stereocenters. The molecule has 45 valence electrons. The maximum absolute atomic E-state index is 11.5. The predicted octanol–water partition coefficient (Wildman–Crippen LogP) is 1.60. The molecule has 1 rings (SSSR count). The van der Waals surface area contributed by atoms with Crippen molar-refractivity contribution in [1.29, 1.82) is 0 Å². The smallest absolute Gasteiger partial charge is 0.0655 e. The average Bonchev–Trinajstić information content (AvgIpc) is 1.90. The van der Waals surface area contributed by atoms with Crippen molar-refractivity contribution in [3.63, 3.8) is 0 Å². The molecule has 0 saturated carbocycles. The number of anilines is 1. The van der Waals surface area contributed by atoms with Gasteiger partial charge in [-0.15, -0.1) is 4.48 Å². The van der Waals surface area contributed by atoms with Gasteiger partial charge in [-0.05, 0) is 12.1 Å². The molecule has 1 nitrogen and oxygen atoms in total. The molecule has 0 amide bonds.